The van der Waals surface area contributed by atoms with E-state index in [0.717, 1.165) is 36.8 Å². The van der Waals surface area contributed by atoms with Crippen molar-refractivity contribution >= 4 is 59.3 Å². The van der Waals surface area contributed by atoms with Crippen molar-refractivity contribution in [2.75, 3.05) is 14.2 Å². The summed E-state index contributed by atoms with van der Waals surface area (Å²) in [6.45, 7) is 22.5. The Morgan fingerprint density at radius 2 is 0.989 bits per heavy atom. The summed E-state index contributed by atoms with van der Waals surface area (Å²) in [6.07, 6.45) is 8.10. The van der Waals surface area contributed by atoms with Gasteiger partial charge in [0.15, 0.2) is 0 Å². The molecule has 0 aliphatic carbocycles. The number of hydrogen-bond donors (Lipinski definition) is 9. The van der Waals surface area contributed by atoms with Gasteiger partial charge < -0.3 is 67.0 Å². The first-order chi connectivity index (χ1) is 42.8. The Labute approximate surface area is 540 Å². The molecule has 2 aromatic carbocycles. The lowest BCUT2D eigenvalue weighted by molar-refractivity contribution is -0.159. The highest BCUT2D eigenvalue weighted by atomic mass is 16.6. The average molecular weight is 1280 g/mol. The topological polar surface area (TPSA) is 338 Å². The van der Waals surface area contributed by atoms with Crippen LogP contribution < -0.4 is 52.4 Å². The van der Waals surface area contributed by atoms with Gasteiger partial charge in [0.1, 0.15) is 59.5 Å². The van der Waals surface area contributed by atoms with Gasteiger partial charge in [-0.1, -0.05) is 144 Å². The van der Waals surface area contributed by atoms with E-state index in [2.05, 4.69) is 44.1 Å². The molecule has 7 amide bonds. The van der Waals surface area contributed by atoms with Crippen molar-refractivity contribution in [1.82, 2.24) is 37.2 Å². The van der Waals surface area contributed by atoms with E-state index in [4.69, 9.17) is 24.7 Å². The van der Waals surface area contributed by atoms with E-state index in [9.17, 15) is 53.1 Å². The minimum atomic E-state index is -1.66. The van der Waals surface area contributed by atoms with Crippen molar-refractivity contribution in [3.05, 3.63) is 59.7 Å². The van der Waals surface area contributed by atoms with Gasteiger partial charge in [-0.3, -0.25) is 43.2 Å². The zero-order chi connectivity index (χ0) is 68.5. The van der Waals surface area contributed by atoms with Crippen LogP contribution in [0.15, 0.2) is 48.5 Å². The van der Waals surface area contributed by atoms with Crippen LogP contribution in [-0.2, 0) is 57.4 Å². The second kappa shape index (κ2) is 41.2. The van der Waals surface area contributed by atoms with E-state index in [0.29, 0.717) is 30.8 Å². The maximum absolute atomic E-state index is 14.4. The largest absolute Gasteiger partial charge is 0.497 e. The van der Waals surface area contributed by atoms with Crippen LogP contribution in [0.1, 0.15) is 216 Å². The number of benzene rings is 2. The fraction of sp³-hybridized carbons (Fsp3) is 0.676. The van der Waals surface area contributed by atoms with Crippen molar-refractivity contribution in [3.63, 3.8) is 0 Å². The molecule has 0 aromatic heterocycles. The predicted molar refractivity (Wildman–Crippen MR) is 348 cm³/mol. The number of carboxylic acids is 1. The molecule has 0 aliphatic rings. The lowest BCUT2D eigenvalue weighted by atomic mass is 9.97. The fourth-order valence-electron chi connectivity index (χ4n) is 10.0. The molecule has 2 rings (SSSR count). The molecule has 0 heterocycles. The normalized spacial score (nSPS) is 14.5. The molecule has 23 heteroatoms. The van der Waals surface area contributed by atoms with Gasteiger partial charge >= 0.3 is 17.9 Å². The van der Waals surface area contributed by atoms with Crippen LogP contribution in [0.25, 0.3) is 0 Å². The number of aliphatic carboxylic acids is 1. The van der Waals surface area contributed by atoms with E-state index in [1.807, 2.05) is 58.9 Å². The van der Waals surface area contributed by atoms with Gasteiger partial charge in [-0.05, 0) is 119 Å². The number of carboxylic acid groups (broad SMARTS) is 1. The first kappa shape index (κ1) is 79.8. The van der Waals surface area contributed by atoms with Crippen LogP contribution in [0.2, 0.25) is 0 Å². The Morgan fingerprint density at radius 3 is 1.45 bits per heavy atom. The molecule has 0 radical (unpaired) electrons. The second-order valence-corrected chi connectivity index (χ2v) is 26.0. The number of nitrogens with one attached hydrogen (secondary N) is 7. The number of carbonyl (C=O) groups is 10. The minimum Gasteiger partial charge on any atom is -0.497 e. The fourth-order valence-corrected chi connectivity index (χ4v) is 10.0. The van der Waals surface area contributed by atoms with Crippen LogP contribution in [0.3, 0.4) is 0 Å². The Bertz CT molecular complexity index is 2560. The molecule has 1 unspecified atom stereocenters. The third-order valence-corrected chi connectivity index (χ3v) is 15.4. The molecule has 0 saturated heterocycles. The molecular weight excluding hydrogens is 1170 g/mol. The molecule has 2 aromatic rings. The summed E-state index contributed by atoms with van der Waals surface area (Å²) in [7, 11) is 3.11. The maximum Gasteiger partial charge on any atom is 0.329 e. The third kappa shape index (κ3) is 31.1. The van der Waals surface area contributed by atoms with Crippen LogP contribution in [0.5, 0.6) is 11.5 Å². The van der Waals surface area contributed by atoms with E-state index < -0.39 is 138 Å². The molecule has 512 valence electrons. The highest BCUT2D eigenvalue weighted by Gasteiger charge is 2.37. The highest BCUT2D eigenvalue weighted by molar-refractivity contribution is 5.98. The van der Waals surface area contributed by atoms with Crippen LogP contribution in [0.4, 0.5) is 0 Å². The Hall–Kier alpha value is -7.30. The summed E-state index contributed by atoms with van der Waals surface area (Å²) in [6, 6.07) is 4.67. The minimum absolute atomic E-state index is 0.0500. The predicted octanol–water partition coefficient (Wildman–Crippen LogP) is 7.78. The van der Waals surface area contributed by atoms with Crippen LogP contribution >= 0.6 is 0 Å². The molecule has 0 aliphatic heterocycles. The Balaban J connectivity index is 2.27. The number of rotatable bonds is 43. The lowest BCUT2D eigenvalue weighted by Gasteiger charge is -2.30. The van der Waals surface area contributed by atoms with Gasteiger partial charge in [-0.2, -0.15) is 0 Å². The SMILES string of the molecule is CCCCCCCCCCCC(CC(=O)O)OC(=O)[C@@H](NC(=O)[C@@H](CC(C)C)NC(=O)[C@H](CC(=O)OC(C)(C)C)NC(=O)[C@@H](NC(=O)[C@@H](C)NC(=O)[C@H](CC(C)C)NC(=O)[C@@H](N)CCC(=O)NC(c1ccc(OC)cc1)c1ccc(OC)cc1)C(C)C)[C@@H](C)CC. The molecule has 0 saturated carbocycles. The number of nitrogens with two attached hydrogens (primary N) is 1. The lowest BCUT2D eigenvalue weighted by Crippen LogP contribution is -2.61. The van der Waals surface area contributed by atoms with Gasteiger partial charge in [0.25, 0.3) is 0 Å². The van der Waals surface area contributed by atoms with Gasteiger partial charge in [-0.15, -0.1) is 0 Å². The van der Waals surface area contributed by atoms with Gasteiger partial charge in [-0.25, -0.2) is 4.79 Å². The molecular formula is C68H110N8O15. The Kier molecular flexibility index (Phi) is 36.2. The molecule has 23 nitrogen and oxygen atoms in total. The van der Waals surface area contributed by atoms with E-state index >= 15 is 0 Å². The van der Waals surface area contributed by atoms with Crippen molar-refractivity contribution < 1.29 is 72.0 Å². The van der Waals surface area contributed by atoms with Crippen molar-refractivity contribution in [2.45, 2.75) is 259 Å². The second-order valence-electron chi connectivity index (χ2n) is 26.0. The zero-order valence-electron chi connectivity index (χ0n) is 56.9. The van der Waals surface area contributed by atoms with Gasteiger partial charge in [0, 0.05) is 6.42 Å². The zero-order valence-corrected chi connectivity index (χ0v) is 56.9. The first-order valence-electron chi connectivity index (χ1n) is 32.6. The summed E-state index contributed by atoms with van der Waals surface area (Å²) < 4.78 is 22.0. The number of carbonyl (C=O) groups excluding carboxylic acids is 9. The average Bonchev–Trinajstić information content (AvgIpc) is 1.68. The number of ether oxygens (including phenoxy) is 4. The molecule has 9 atom stereocenters. The standard InChI is InChI=1S/C68H110N8O15/c1-16-18-19-20-21-22-23-24-25-26-50(39-56(78)79)90-67(87)59(44(9)17-2)76-65(85)53(38-42(5)6)72-64(84)54(40-57(80)91-68(11,12)13)73-66(86)58(43(7)8)75-61(81)45(10)70-63(83)52(37-41(3)4)71-62(82)51(69)35-36-55(77)74-60(46-27-31-48(88-14)32-28-46)47-29-33-49(89-15)34-30-47/h27-34,41-45,50-54,58-60H,16-26,35-40,69H2,1-15H3,(H,70,83)(H,71,82)(H,72,84)(H,73,86)(H,74,77)(H,75,81)(H,76,85)(H,78,79)/t44-,45+,50?,51-,52-,53+,54-,58-,59-/m0/s1. The van der Waals surface area contributed by atoms with Gasteiger partial charge in [0.2, 0.25) is 41.4 Å². The van der Waals surface area contributed by atoms with Crippen molar-refractivity contribution in [1.29, 1.82) is 0 Å². The van der Waals surface area contributed by atoms with Crippen LogP contribution in [-0.4, -0.2) is 133 Å². The molecule has 10 N–H and O–H groups in total. The molecule has 91 heavy (non-hydrogen) atoms. The van der Waals surface area contributed by atoms with E-state index in [1.165, 1.54) is 32.6 Å². The third-order valence-electron chi connectivity index (χ3n) is 15.4. The summed E-state index contributed by atoms with van der Waals surface area (Å²) in [4.78, 5) is 137. The number of esters is 2. The molecule has 0 fully saturated rings. The van der Waals surface area contributed by atoms with Crippen molar-refractivity contribution in [3.8, 4) is 11.5 Å². The summed E-state index contributed by atoms with van der Waals surface area (Å²) in [5.74, 6) is -8.24. The Morgan fingerprint density at radius 1 is 0.527 bits per heavy atom. The van der Waals surface area contributed by atoms with Crippen molar-refractivity contribution in [2.24, 2.45) is 29.4 Å². The van der Waals surface area contributed by atoms with E-state index in [-0.39, 0.29) is 43.4 Å². The van der Waals surface area contributed by atoms with Gasteiger partial charge in [0.05, 0.1) is 39.1 Å². The molecule has 0 spiro atoms. The first-order valence-corrected chi connectivity index (χ1v) is 32.6. The number of unbranched alkanes of at least 4 members (excludes halogenated alkanes) is 8. The number of amides is 7. The summed E-state index contributed by atoms with van der Waals surface area (Å²) >= 11 is 0. The van der Waals surface area contributed by atoms with E-state index in [1.54, 1.807) is 80.0 Å². The smallest absolute Gasteiger partial charge is 0.329 e. The highest BCUT2D eigenvalue weighted by Crippen LogP contribution is 2.27. The quantitative estimate of drug-likeness (QED) is 0.0226. The molecule has 0 bridgehead atoms. The monoisotopic (exact) mass is 1280 g/mol. The maximum atomic E-state index is 14.4. The summed E-state index contributed by atoms with van der Waals surface area (Å²) in [5.41, 5.74) is 6.87. The number of methoxy groups -OCH3 is 2. The summed E-state index contributed by atoms with van der Waals surface area (Å²) in [5, 5.41) is 28.7. The van der Waals surface area contributed by atoms with Crippen LogP contribution in [0, 0.1) is 23.7 Å². The number of hydrogen-bond acceptors (Lipinski definition) is 15.